The number of nitrogens with one attached hydrogen (secondary N) is 3. The molecule has 1 aliphatic heterocycles. The van der Waals surface area contributed by atoms with Gasteiger partial charge < -0.3 is 0 Å². The highest BCUT2D eigenvalue weighted by atomic mass is 32.2. The van der Waals surface area contributed by atoms with Gasteiger partial charge in [-0.3, -0.25) is 15.5 Å². The monoisotopic (exact) mass is 359 g/mol. The molecule has 2 heterocycles. The molecule has 0 amide bonds. The molecule has 8 heteroatoms. The first-order valence-corrected chi connectivity index (χ1v) is 8.94. The number of aromatic amines is 1. The summed E-state index contributed by atoms with van der Waals surface area (Å²) >= 11 is 1.21. The topological polar surface area (TPSA) is 98.7 Å². The molecule has 1 aliphatic rings. The number of amidine groups is 1. The van der Waals surface area contributed by atoms with Gasteiger partial charge in [0.15, 0.2) is 0 Å². The molecule has 25 heavy (non-hydrogen) atoms. The Morgan fingerprint density at radius 1 is 1.40 bits per heavy atom. The van der Waals surface area contributed by atoms with E-state index in [-0.39, 0.29) is 11.5 Å². The number of nitrogens with zero attached hydrogens (tertiary/aromatic N) is 2. The van der Waals surface area contributed by atoms with Crippen molar-refractivity contribution in [2.75, 3.05) is 5.32 Å². The van der Waals surface area contributed by atoms with E-state index in [9.17, 15) is 0 Å². The summed E-state index contributed by atoms with van der Waals surface area (Å²) in [6.07, 6.45) is 2.63. The van der Waals surface area contributed by atoms with Crippen LogP contribution in [0.2, 0.25) is 0 Å². The summed E-state index contributed by atoms with van der Waals surface area (Å²) < 4.78 is 0. The minimum Gasteiger partial charge on any atom is -0.274 e. The molecule has 0 saturated carbocycles. The van der Waals surface area contributed by atoms with Crippen LogP contribution in [-0.4, -0.2) is 16.9 Å². The number of aliphatic imine (C=N–C) groups is 1. The highest BCUT2D eigenvalue weighted by Crippen LogP contribution is 2.28. The SMILES string of the molecule is CC(C)(C)C1CC(=Nc2cc[nH+]c(Nc3cccc(SN)c3)n2)NO1. The van der Waals surface area contributed by atoms with Crippen LogP contribution < -0.4 is 20.9 Å². The van der Waals surface area contributed by atoms with E-state index in [0.29, 0.717) is 11.8 Å². The van der Waals surface area contributed by atoms with E-state index < -0.39 is 0 Å². The van der Waals surface area contributed by atoms with Gasteiger partial charge in [-0.2, -0.15) is 4.99 Å². The largest absolute Gasteiger partial charge is 0.396 e. The van der Waals surface area contributed by atoms with Gasteiger partial charge in [0.1, 0.15) is 11.5 Å². The molecule has 1 unspecified atom stereocenters. The van der Waals surface area contributed by atoms with Gasteiger partial charge in [-0.15, -0.1) is 0 Å². The maximum absolute atomic E-state index is 5.61. The van der Waals surface area contributed by atoms with Gasteiger partial charge in [-0.05, 0) is 35.6 Å². The third-order valence-electron chi connectivity index (χ3n) is 3.82. The summed E-state index contributed by atoms with van der Waals surface area (Å²) in [5, 5.41) is 8.82. The van der Waals surface area contributed by atoms with E-state index >= 15 is 0 Å². The molecule has 5 N–H and O–H groups in total. The third-order valence-corrected chi connectivity index (χ3v) is 4.35. The second-order valence-corrected chi connectivity index (χ2v) is 7.61. The first kappa shape index (κ1) is 17.7. The fourth-order valence-electron chi connectivity index (χ4n) is 2.38. The molecule has 0 bridgehead atoms. The minimum absolute atomic E-state index is 0.0564. The van der Waals surface area contributed by atoms with Gasteiger partial charge in [-0.1, -0.05) is 31.8 Å². The fourth-order valence-corrected chi connectivity index (χ4v) is 2.73. The summed E-state index contributed by atoms with van der Waals surface area (Å²) in [7, 11) is 0. The maximum atomic E-state index is 5.61. The van der Waals surface area contributed by atoms with Crippen molar-refractivity contribution in [3.63, 3.8) is 0 Å². The molecule has 1 aromatic heterocycles. The van der Waals surface area contributed by atoms with Crippen molar-refractivity contribution < 1.29 is 9.82 Å². The van der Waals surface area contributed by atoms with E-state index in [2.05, 4.69) is 46.5 Å². The van der Waals surface area contributed by atoms with Crippen LogP contribution in [0.25, 0.3) is 0 Å². The van der Waals surface area contributed by atoms with E-state index in [1.165, 1.54) is 11.9 Å². The van der Waals surface area contributed by atoms with E-state index in [1.54, 1.807) is 6.20 Å². The lowest BCUT2D eigenvalue weighted by molar-refractivity contribution is -0.364. The van der Waals surface area contributed by atoms with Gasteiger partial charge in [0.05, 0.1) is 12.3 Å². The summed E-state index contributed by atoms with van der Waals surface area (Å²) in [6, 6.07) is 9.62. The molecule has 0 spiro atoms. The lowest BCUT2D eigenvalue weighted by Gasteiger charge is -2.23. The first-order valence-electron chi connectivity index (χ1n) is 8.06. The lowest BCUT2D eigenvalue weighted by atomic mass is 9.87. The highest BCUT2D eigenvalue weighted by Gasteiger charge is 2.32. The van der Waals surface area contributed by atoms with Crippen LogP contribution in [0.5, 0.6) is 0 Å². The van der Waals surface area contributed by atoms with Crippen LogP contribution in [-0.2, 0) is 4.84 Å². The molecule has 1 atom stereocenters. The lowest BCUT2D eigenvalue weighted by Crippen LogP contribution is -2.26. The van der Waals surface area contributed by atoms with E-state index in [4.69, 9.17) is 9.98 Å². The Labute approximate surface area is 151 Å². The van der Waals surface area contributed by atoms with Crippen LogP contribution in [0.4, 0.5) is 17.5 Å². The predicted molar refractivity (Wildman–Crippen MR) is 99.7 cm³/mol. The Balaban J connectivity index is 1.72. The van der Waals surface area contributed by atoms with Gasteiger partial charge >= 0.3 is 5.95 Å². The number of aromatic nitrogens is 2. The number of hydrogen-bond donors (Lipinski definition) is 3. The smallest absolute Gasteiger partial charge is 0.274 e. The first-order chi connectivity index (χ1) is 11.9. The van der Waals surface area contributed by atoms with E-state index in [0.717, 1.165) is 22.8 Å². The van der Waals surface area contributed by atoms with E-state index in [1.807, 2.05) is 30.3 Å². The molecule has 1 fully saturated rings. The molecule has 3 rings (SSSR count). The summed E-state index contributed by atoms with van der Waals surface area (Å²) in [5.74, 6) is 1.99. The Hall–Kier alpha value is -2.16. The number of hydroxylamine groups is 1. The number of H-pyrrole nitrogens is 1. The van der Waals surface area contributed by atoms with Crippen molar-refractivity contribution in [1.82, 2.24) is 10.5 Å². The Morgan fingerprint density at radius 2 is 2.24 bits per heavy atom. The number of rotatable bonds is 4. The van der Waals surface area contributed by atoms with Crippen LogP contribution in [0, 0.1) is 5.41 Å². The second kappa shape index (κ2) is 7.38. The summed E-state index contributed by atoms with van der Waals surface area (Å²) in [5.41, 5.74) is 3.87. The van der Waals surface area contributed by atoms with Crippen LogP contribution in [0.1, 0.15) is 27.2 Å². The van der Waals surface area contributed by atoms with Gasteiger partial charge in [-0.25, -0.2) is 10.3 Å². The second-order valence-electron chi connectivity index (χ2n) is 6.90. The van der Waals surface area contributed by atoms with Crippen LogP contribution in [0.3, 0.4) is 0 Å². The Morgan fingerprint density at radius 3 is 2.96 bits per heavy atom. The van der Waals surface area contributed by atoms with Crippen LogP contribution >= 0.6 is 11.9 Å². The molecular weight excluding hydrogens is 336 g/mol. The average Bonchev–Trinajstić information content (AvgIpc) is 3.04. The van der Waals surface area contributed by atoms with Crippen molar-refractivity contribution in [1.29, 1.82) is 0 Å². The Bertz CT molecular complexity index is 774. The molecule has 1 aromatic carbocycles. The molecular formula is C17H23N6OS+. The molecule has 7 nitrogen and oxygen atoms in total. The molecule has 2 aromatic rings. The number of hydrogen-bond acceptors (Lipinski definition) is 6. The molecule has 1 saturated heterocycles. The molecule has 132 valence electrons. The normalized spacial score (nSPS) is 19.0. The third kappa shape index (κ3) is 4.68. The van der Waals surface area contributed by atoms with Gasteiger partial charge in [0.25, 0.3) is 0 Å². The van der Waals surface area contributed by atoms with Gasteiger partial charge in [0, 0.05) is 17.4 Å². The minimum atomic E-state index is 0.0564. The molecule has 0 aliphatic carbocycles. The highest BCUT2D eigenvalue weighted by molar-refractivity contribution is 7.97. The zero-order chi connectivity index (χ0) is 17.9. The van der Waals surface area contributed by atoms with Crippen LogP contribution in [0.15, 0.2) is 46.4 Å². The van der Waals surface area contributed by atoms with Gasteiger partial charge in [0.2, 0.25) is 5.82 Å². The standard InChI is InChI=1S/C17H22N6OS/c1-17(2,3)13-10-15(23-24-13)21-14-7-8-19-16(22-14)20-11-5-4-6-12(9-11)25-18/h4-9,13H,10,18H2,1-3H3,(H2,19,20,21,22,23)/p+1. The Kier molecular flexibility index (Phi) is 5.22. The van der Waals surface area contributed by atoms with Crippen molar-refractivity contribution in [2.24, 2.45) is 15.5 Å². The predicted octanol–water partition coefficient (Wildman–Crippen LogP) is 2.97. The zero-order valence-corrected chi connectivity index (χ0v) is 15.4. The quantitative estimate of drug-likeness (QED) is 0.726. The maximum Gasteiger partial charge on any atom is 0.396 e. The number of anilines is 2. The molecule has 0 radical (unpaired) electrons. The summed E-state index contributed by atoms with van der Waals surface area (Å²) in [6.45, 7) is 6.44. The zero-order valence-electron chi connectivity index (χ0n) is 14.5. The fraction of sp³-hybridized carbons (Fsp3) is 0.353. The van der Waals surface area contributed by atoms with Crippen molar-refractivity contribution >= 4 is 35.2 Å². The number of nitrogens with two attached hydrogens (primary N) is 1. The summed E-state index contributed by atoms with van der Waals surface area (Å²) in [4.78, 5) is 18.7. The van der Waals surface area contributed by atoms with Crippen molar-refractivity contribution in [3.05, 3.63) is 36.5 Å². The van der Waals surface area contributed by atoms with Crippen molar-refractivity contribution in [3.8, 4) is 0 Å². The van der Waals surface area contributed by atoms with Crippen molar-refractivity contribution in [2.45, 2.75) is 38.2 Å². The average molecular weight is 359 g/mol. The number of benzene rings is 1.